The van der Waals surface area contributed by atoms with Crippen molar-refractivity contribution in [2.45, 2.75) is 18.3 Å². The molecule has 0 atom stereocenters. The van der Waals surface area contributed by atoms with Gasteiger partial charge in [0.15, 0.2) is 5.78 Å². The number of aliphatic carboxylic acids is 1. The van der Waals surface area contributed by atoms with Crippen LogP contribution >= 0.6 is 0 Å². The second-order valence-corrected chi connectivity index (χ2v) is 6.01. The quantitative estimate of drug-likeness (QED) is 0.700. The number of carboxylic acid groups (broad SMARTS) is 1. The lowest BCUT2D eigenvalue weighted by atomic mass is 9.64. The van der Waals surface area contributed by atoms with Crippen molar-refractivity contribution in [1.29, 1.82) is 0 Å². The number of carbonyl (C=O) groups is 3. The Balaban J connectivity index is 2.14. The second kappa shape index (κ2) is 6.29. The molecule has 3 rings (SSSR count). The number of ketones is 1. The first-order valence-electron chi connectivity index (χ1n) is 7.73. The number of ether oxygens (including phenoxy) is 1. The van der Waals surface area contributed by atoms with Crippen LogP contribution in [-0.4, -0.2) is 47.6 Å². The van der Waals surface area contributed by atoms with Crippen LogP contribution in [0.15, 0.2) is 23.8 Å². The maximum absolute atomic E-state index is 13.8. The number of carbonyl (C=O) groups excluding carboxylic acids is 2. The number of rotatable bonds is 3. The standard InChI is InChI=1S/C17H16FNO6/c18-9-1-2-10-11(7-9)17(3-5-25-6-4-17)15(23)13(14(10)22)16(24)19-8-12(20)21/h1-2,7,22H,3-6,8H2,(H,19,24)(H,20,21). The Hall–Kier alpha value is -2.74. The first kappa shape index (κ1) is 17.1. The third-order valence-corrected chi connectivity index (χ3v) is 4.62. The van der Waals surface area contributed by atoms with Crippen molar-refractivity contribution in [3.63, 3.8) is 0 Å². The van der Waals surface area contributed by atoms with Gasteiger partial charge in [0.2, 0.25) is 0 Å². The van der Waals surface area contributed by atoms with E-state index in [1.165, 1.54) is 12.1 Å². The molecule has 1 fully saturated rings. The van der Waals surface area contributed by atoms with Crippen molar-refractivity contribution < 1.29 is 33.7 Å². The molecule has 132 valence electrons. The number of aliphatic hydroxyl groups is 1. The normalized spacial score (nSPS) is 18.8. The lowest BCUT2D eigenvalue weighted by molar-refractivity contribution is -0.138. The molecule has 0 saturated carbocycles. The predicted molar refractivity (Wildman–Crippen MR) is 83.3 cm³/mol. The van der Waals surface area contributed by atoms with Crippen LogP contribution in [0.4, 0.5) is 4.39 Å². The molecule has 1 heterocycles. The molecule has 1 aromatic rings. The minimum absolute atomic E-state index is 0.198. The number of hydrogen-bond acceptors (Lipinski definition) is 5. The summed E-state index contributed by atoms with van der Waals surface area (Å²) in [5.74, 6) is -4.01. The fourth-order valence-corrected chi connectivity index (χ4v) is 3.39. The highest BCUT2D eigenvalue weighted by molar-refractivity contribution is 6.28. The second-order valence-electron chi connectivity index (χ2n) is 6.01. The molecule has 0 unspecified atom stereocenters. The number of carboxylic acids is 1. The number of Topliss-reactive ketones (excluding diaryl/α,β-unsaturated/α-hetero) is 1. The van der Waals surface area contributed by atoms with Gasteiger partial charge in [-0.1, -0.05) is 0 Å². The van der Waals surface area contributed by atoms with E-state index in [0.717, 1.165) is 6.07 Å². The molecule has 0 radical (unpaired) electrons. The summed E-state index contributed by atoms with van der Waals surface area (Å²) in [6, 6.07) is 3.64. The van der Waals surface area contributed by atoms with E-state index < -0.39 is 46.8 Å². The molecule has 2 aliphatic rings. The van der Waals surface area contributed by atoms with Crippen LogP contribution in [0.3, 0.4) is 0 Å². The smallest absolute Gasteiger partial charge is 0.322 e. The van der Waals surface area contributed by atoms with Crippen LogP contribution in [0.5, 0.6) is 0 Å². The third kappa shape index (κ3) is 2.78. The van der Waals surface area contributed by atoms with Crippen LogP contribution in [0, 0.1) is 5.82 Å². The number of aliphatic hydroxyl groups excluding tert-OH is 1. The molecule has 0 bridgehead atoms. The van der Waals surface area contributed by atoms with Gasteiger partial charge in [-0.05, 0) is 36.6 Å². The summed E-state index contributed by atoms with van der Waals surface area (Å²) >= 11 is 0. The number of nitrogens with one attached hydrogen (secondary N) is 1. The first-order valence-corrected chi connectivity index (χ1v) is 7.73. The van der Waals surface area contributed by atoms with Gasteiger partial charge in [0.1, 0.15) is 23.7 Å². The Labute approximate surface area is 142 Å². The molecule has 25 heavy (non-hydrogen) atoms. The highest BCUT2D eigenvalue weighted by Crippen LogP contribution is 2.45. The molecule has 8 heteroatoms. The molecule has 1 aromatic carbocycles. The average molecular weight is 349 g/mol. The molecule has 1 amide bonds. The van der Waals surface area contributed by atoms with Gasteiger partial charge in [-0.3, -0.25) is 14.4 Å². The highest BCUT2D eigenvalue weighted by Gasteiger charge is 2.50. The highest BCUT2D eigenvalue weighted by atomic mass is 19.1. The van der Waals surface area contributed by atoms with Crippen molar-refractivity contribution in [2.75, 3.05) is 19.8 Å². The van der Waals surface area contributed by atoms with Gasteiger partial charge in [-0.15, -0.1) is 0 Å². The number of hydrogen-bond donors (Lipinski definition) is 3. The average Bonchev–Trinajstić information content (AvgIpc) is 2.59. The summed E-state index contributed by atoms with van der Waals surface area (Å²) in [4.78, 5) is 36.0. The van der Waals surface area contributed by atoms with Crippen LogP contribution in [-0.2, 0) is 24.5 Å². The summed E-state index contributed by atoms with van der Waals surface area (Å²) in [5, 5.41) is 21.2. The molecule has 1 spiro atoms. The molecule has 1 aliphatic heterocycles. The molecule has 3 N–H and O–H groups in total. The van der Waals surface area contributed by atoms with Gasteiger partial charge in [0, 0.05) is 18.8 Å². The molecule has 1 saturated heterocycles. The molecule has 0 aromatic heterocycles. The zero-order valence-electron chi connectivity index (χ0n) is 13.2. The Morgan fingerprint density at radius 2 is 1.96 bits per heavy atom. The summed E-state index contributed by atoms with van der Waals surface area (Å²) in [6.07, 6.45) is 0.483. The van der Waals surface area contributed by atoms with E-state index >= 15 is 0 Å². The maximum Gasteiger partial charge on any atom is 0.322 e. The Bertz CT molecular complexity index is 794. The zero-order chi connectivity index (χ0) is 18.2. The first-order chi connectivity index (χ1) is 11.9. The van der Waals surface area contributed by atoms with Crippen LogP contribution in [0.1, 0.15) is 24.0 Å². The van der Waals surface area contributed by atoms with E-state index in [-0.39, 0.29) is 31.6 Å². The van der Waals surface area contributed by atoms with Gasteiger partial charge in [-0.2, -0.15) is 0 Å². The van der Waals surface area contributed by atoms with E-state index in [4.69, 9.17) is 9.84 Å². The van der Waals surface area contributed by atoms with Gasteiger partial charge >= 0.3 is 5.97 Å². The van der Waals surface area contributed by atoms with Gasteiger partial charge in [0.05, 0.1) is 5.41 Å². The minimum atomic E-state index is -1.28. The van der Waals surface area contributed by atoms with E-state index in [1.807, 2.05) is 0 Å². The fourth-order valence-electron chi connectivity index (χ4n) is 3.39. The van der Waals surface area contributed by atoms with Gasteiger partial charge in [0.25, 0.3) is 5.91 Å². The number of halogens is 1. The SMILES string of the molecule is O=C(O)CNC(=O)C1=C(O)c2ccc(F)cc2C2(CCOCC2)C1=O. The van der Waals surface area contributed by atoms with Crippen molar-refractivity contribution in [2.24, 2.45) is 0 Å². The van der Waals surface area contributed by atoms with E-state index in [9.17, 15) is 23.9 Å². The third-order valence-electron chi connectivity index (χ3n) is 4.62. The van der Waals surface area contributed by atoms with Crippen molar-refractivity contribution in [3.8, 4) is 0 Å². The summed E-state index contributed by atoms with van der Waals surface area (Å²) < 4.78 is 19.1. The van der Waals surface area contributed by atoms with Crippen LogP contribution in [0.2, 0.25) is 0 Å². The lowest BCUT2D eigenvalue weighted by Crippen LogP contribution is -2.48. The number of fused-ring (bicyclic) bond motifs is 2. The summed E-state index contributed by atoms with van der Waals surface area (Å²) in [5.41, 5.74) is -1.14. The fraction of sp³-hybridized carbons (Fsp3) is 0.353. The predicted octanol–water partition coefficient (Wildman–Crippen LogP) is 0.926. The van der Waals surface area contributed by atoms with E-state index in [2.05, 4.69) is 5.32 Å². The number of benzene rings is 1. The van der Waals surface area contributed by atoms with Gasteiger partial charge < -0.3 is 20.3 Å². The Morgan fingerprint density at radius 3 is 2.60 bits per heavy atom. The summed E-state index contributed by atoms with van der Waals surface area (Å²) in [7, 11) is 0. The topological polar surface area (TPSA) is 113 Å². The molecular formula is C17H16FNO6. The van der Waals surface area contributed by atoms with E-state index in [0.29, 0.717) is 5.56 Å². The number of amides is 1. The van der Waals surface area contributed by atoms with Crippen LogP contribution < -0.4 is 5.32 Å². The lowest BCUT2D eigenvalue weighted by Gasteiger charge is -2.40. The monoisotopic (exact) mass is 349 g/mol. The Kier molecular flexibility index (Phi) is 4.30. The van der Waals surface area contributed by atoms with Crippen molar-refractivity contribution >= 4 is 23.4 Å². The van der Waals surface area contributed by atoms with Gasteiger partial charge in [-0.25, -0.2) is 4.39 Å². The maximum atomic E-state index is 13.8. The van der Waals surface area contributed by atoms with Crippen molar-refractivity contribution in [1.82, 2.24) is 5.32 Å². The molecular weight excluding hydrogens is 333 g/mol. The summed E-state index contributed by atoms with van der Waals surface area (Å²) in [6.45, 7) is -0.172. The van der Waals surface area contributed by atoms with Crippen LogP contribution in [0.25, 0.3) is 5.76 Å². The zero-order valence-corrected chi connectivity index (χ0v) is 13.2. The minimum Gasteiger partial charge on any atom is -0.506 e. The molecule has 7 nitrogen and oxygen atoms in total. The van der Waals surface area contributed by atoms with Crippen molar-refractivity contribution in [3.05, 3.63) is 40.7 Å². The largest absolute Gasteiger partial charge is 0.506 e. The molecule has 1 aliphatic carbocycles. The van der Waals surface area contributed by atoms with E-state index in [1.54, 1.807) is 0 Å². The Morgan fingerprint density at radius 1 is 1.28 bits per heavy atom.